The van der Waals surface area contributed by atoms with Crippen LogP contribution >= 0.6 is 15.9 Å². The van der Waals surface area contributed by atoms with E-state index in [1.54, 1.807) is 0 Å². The summed E-state index contributed by atoms with van der Waals surface area (Å²) in [6.45, 7) is 1.95. The molecule has 0 atom stereocenters. The smallest absolute Gasteiger partial charge is 0.244 e. The highest BCUT2D eigenvalue weighted by Gasteiger charge is 2.33. The van der Waals surface area contributed by atoms with Gasteiger partial charge in [-0.15, -0.1) is 0 Å². The van der Waals surface area contributed by atoms with E-state index in [0.29, 0.717) is 4.47 Å². The summed E-state index contributed by atoms with van der Waals surface area (Å²) >= 11 is 3.22. The van der Waals surface area contributed by atoms with Crippen LogP contribution in [-0.2, 0) is 10.0 Å². The molecule has 1 heterocycles. The zero-order chi connectivity index (χ0) is 14.1. The lowest BCUT2D eigenvalue weighted by Gasteiger charge is -2.34. The predicted molar refractivity (Wildman–Crippen MR) is 78.2 cm³/mol. The van der Waals surface area contributed by atoms with Crippen LogP contribution in [-0.4, -0.2) is 18.9 Å². The fourth-order valence-electron chi connectivity index (χ4n) is 2.46. The Bertz CT molecular complexity index is 568. The van der Waals surface area contributed by atoms with E-state index in [1.807, 2.05) is 6.92 Å². The maximum Gasteiger partial charge on any atom is 0.244 e. The molecule has 7 heteroatoms. The fourth-order valence-corrected chi connectivity index (χ4v) is 4.52. The van der Waals surface area contributed by atoms with E-state index in [9.17, 15) is 8.42 Å². The molecule has 0 aliphatic heterocycles. The van der Waals surface area contributed by atoms with E-state index in [2.05, 4.69) is 25.6 Å². The van der Waals surface area contributed by atoms with Crippen LogP contribution in [0.3, 0.4) is 0 Å². The Hall–Kier alpha value is -0.660. The standard InChI is InChI=1S/C12H18BrN3O2S/c1-12(5-3-2-4-6-12)16-19(17,18)10-7-9(13)8-15-11(10)14/h7-8,16H,2-6H2,1H3,(H2,14,15). The lowest BCUT2D eigenvalue weighted by molar-refractivity contribution is 0.294. The number of nitrogens with one attached hydrogen (secondary N) is 1. The van der Waals surface area contributed by atoms with Gasteiger partial charge in [0.05, 0.1) is 0 Å². The van der Waals surface area contributed by atoms with Gasteiger partial charge < -0.3 is 5.73 Å². The van der Waals surface area contributed by atoms with Crippen LogP contribution in [0.15, 0.2) is 21.6 Å². The summed E-state index contributed by atoms with van der Waals surface area (Å²) < 4.78 is 28.2. The van der Waals surface area contributed by atoms with Gasteiger partial charge >= 0.3 is 0 Å². The molecule has 1 aromatic rings. The molecule has 0 saturated heterocycles. The van der Waals surface area contributed by atoms with Crippen molar-refractivity contribution in [3.63, 3.8) is 0 Å². The molecule has 1 aliphatic rings. The molecule has 3 N–H and O–H groups in total. The van der Waals surface area contributed by atoms with Crippen molar-refractivity contribution in [2.24, 2.45) is 0 Å². The maximum atomic E-state index is 12.4. The van der Waals surface area contributed by atoms with Gasteiger partial charge in [-0.3, -0.25) is 0 Å². The third kappa shape index (κ3) is 3.46. The van der Waals surface area contributed by atoms with Crippen molar-refractivity contribution in [3.05, 3.63) is 16.7 Å². The zero-order valence-electron chi connectivity index (χ0n) is 10.8. The Kier molecular flexibility index (Phi) is 4.17. The van der Waals surface area contributed by atoms with Crippen LogP contribution in [0.5, 0.6) is 0 Å². The minimum Gasteiger partial charge on any atom is -0.383 e. The van der Waals surface area contributed by atoms with Gasteiger partial charge in [-0.1, -0.05) is 19.3 Å². The van der Waals surface area contributed by atoms with Crippen LogP contribution in [0.1, 0.15) is 39.0 Å². The molecule has 1 aromatic heterocycles. The minimum atomic E-state index is -3.64. The number of hydrogen-bond acceptors (Lipinski definition) is 4. The first-order valence-electron chi connectivity index (χ1n) is 6.27. The van der Waals surface area contributed by atoms with Crippen molar-refractivity contribution in [2.75, 3.05) is 5.73 Å². The molecular weight excluding hydrogens is 330 g/mol. The number of pyridine rings is 1. The molecular formula is C12H18BrN3O2S. The molecule has 1 saturated carbocycles. The maximum absolute atomic E-state index is 12.4. The molecule has 106 valence electrons. The van der Waals surface area contributed by atoms with E-state index >= 15 is 0 Å². The monoisotopic (exact) mass is 347 g/mol. The molecule has 19 heavy (non-hydrogen) atoms. The second kappa shape index (κ2) is 5.38. The summed E-state index contributed by atoms with van der Waals surface area (Å²) in [4.78, 5) is 3.91. The molecule has 0 radical (unpaired) electrons. The highest BCUT2D eigenvalue weighted by atomic mass is 79.9. The largest absolute Gasteiger partial charge is 0.383 e. The van der Waals surface area contributed by atoms with E-state index in [-0.39, 0.29) is 16.3 Å². The number of rotatable bonds is 3. The number of aromatic nitrogens is 1. The Balaban J connectivity index is 2.29. The first-order valence-corrected chi connectivity index (χ1v) is 8.55. The number of nitrogen functional groups attached to an aromatic ring is 1. The van der Waals surface area contributed by atoms with Gasteiger partial charge in [-0.05, 0) is 41.8 Å². The lowest BCUT2D eigenvalue weighted by Crippen LogP contribution is -2.47. The minimum absolute atomic E-state index is 0.0232. The van der Waals surface area contributed by atoms with Crippen LogP contribution < -0.4 is 10.5 Å². The first kappa shape index (κ1) is 14.7. The summed E-state index contributed by atoms with van der Waals surface area (Å²) in [5, 5.41) is 0. The average Bonchev–Trinajstić information content (AvgIpc) is 2.31. The lowest BCUT2D eigenvalue weighted by atomic mass is 9.84. The van der Waals surface area contributed by atoms with E-state index in [0.717, 1.165) is 32.1 Å². The Labute approximate surface area is 122 Å². The van der Waals surface area contributed by atoms with Gasteiger partial charge in [0.2, 0.25) is 10.0 Å². The molecule has 0 unspecified atom stereocenters. The van der Waals surface area contributed by atoms with Crippen molar-refractivity contribution in [1.29, 1.82) is 0 Å². The average molecular weight is 348 g/mol. The number of nitrogens with zero attached hydrogens (tertiary/aromatic N) is 1. The van der Waals surface area contributed by atoms with Crippen molar-refractivity contribution in [3.8, 4) is 0 Å². The van der Waals surface area contributed by atoms with Crippen LogP contribution in [0.4, 0.5) is 5.82 Å². The Morgan fingerprint density at radius 2 is 2.00 bits per heavy atom. The zero-order valence-corrected chi connectivity index (χ0v) is 13.2. The topological polar surface area (TPSA) is 85.1 Å². The Morgan fingerprint density at radius 3 is 2.63 bits per heavy atom. The summed E-state index contributed by atoms with van der Waals surface area (Å²) in [7, 11) is -3.64. The highest BCUT2D eigenvalue weighted by Crippen LogP contribution is 2.30. The second-order valence-electron chi connectivity index (χ2n) is 5.26. The van der Waals surface area contributed by atoms with Crippen molar-refractivity contribution in [2.45, 2.75) is 49.5 Å². The van der Waals surface area contributed by atoms with Crippen LogP contribution in [0.25, 0.3) is 0 Å². The van der Waals surface area contributed by atoms with Gasteiger partial charge in [-0.25, -0.2) is 18.1 Å². The molecule has 0 spiro atoms. The molecule has 0 bridgehead atoms. The third-order valence-electron chi connectivity index (χ3n) is 3.48. The number of halogens is 1. The molecule has 1 fully saturated rings. The summed E-state index contributed by atoms with van der Waals surface area (Å²) in [6, 6.07) is 1.48. The van der Waals surface area contributed by atoms with E-state index in [4.69, 9.17) is 5.73 Å². The Morgan fingerprint density at radius 1 is 1.37 bits per heavy atom. The fraction of sp³-hybridized carbons (Fsp3) is 0.583. The van der Waals surface area contributed by atoms with Crippen molar-refractivity contribution in [1.82, 2.24) is 9.71 Å². The number of sulfonamides is 1. The highest BCUT2D eigenvalue weighted by molar-refractivity contribution is 9.10. The van der Waals surface area contributed by atoms with E-state index < -0.39 is 10.0 Å². The predicted octanol–water partition coefficient (Wildman–Crippen LogP) is 2.43. The van der Waals surface area contributed by atoms with Gasteiger partial charge in [0.25, 0.3) is 0 Å². The summed E-state index contributed by atoms with van der Waals surface area (Å²) in [6.07, 6.45) is 6.45. The molecule has 2 rings (SSSR count). The quantitative estimate of drug-likeness (QED) is 0.879. The normalized spacial score (nSPS) is 19.3. The molecule has 0 aromatic carbocycles. The van der Waals surface area contributed by atoms with Crippen LogP contribution in [0.2, 0.25) is 0 Å². The second-order valence-corrected chi connectivity index (χ2v) is 7.83. The molecule has 1 aliphatic carbocycles. The van der Waals surface area contributed by atoms with Gasteiger partial charge in [-0.2, -0.15) is 0 Å². The van der Waals surface area contributed by atoms with Crippen LogP contribution in [0, 0.1) is 0 Å². The molecule has 0 amide bonds. The van der Waals surface area contributed by atoms with Crippen molar-refractivity contribution >= 4 is 31.8 Å². The third-order valence-corrected chi connectivity index (χ3v) is 5.58. The summed E-state index contributed by atoms with van der Waals surface area (Å²) in [5.41, 5.74) is 5.29. The van der Waals surface area contributed by atoms with Gasteiger partial charge in [0.15, 0.2) is 0 Å². The summed E-state index contributed by atoms with van der Waals surface area (Å²) in [5.74, 6) is 0.0232. The number of anilines is 1. The SMILES string of the molecule is CC1(NS(=O)(=O)c2cc(Br)cnc2N)CCCCC1. The van der Waals surface area contributed by atoms with E-state index in [1.165, 1.54) is 12.3 Å². The molecule has 5 nitrogen and oxygen atoms in total. The number of hydrogen-bond donors (Lipinski definition) is 2. The van der Waals surface area contributed by atoms with Crippen molar-refractivity contribution < 1.29 is 8.42 Å². The first-order chi connectivity index (χ1) is 8.82. The number of nitrogens with two attached hydrogens (primary N) is 1. The van der Waals surface area contributed by atoms with Gasteiger partial charge in [0, 0.05) is 16.2 Å². The van der Waals surface area contributed by atoms with Gasteiger partial charge in [0.1, 0.15) is 10.7 Å².